The van der Waals surface area contributed by atoms with Crippen LogP contribution in [0.2, 0.25) is 0 Å². The lowest BCUT2D eigenvalue weighted by molar-refractivity contribution is -0.123. The van der Waals surface area contributed by atoms with Crippen molar-refractivity contribution in [3.8, 4) is 11.5 Å². The molecule has 2 aromatic carbocycles. The number of nitrogens with zero attached hydrogens (tertiary/aromatic N) is 3. The molecular formula is C21H21N5O4S. The number of methoxy groups -OCH3 is 2. The molecule has 1 atom stereocenters. The second kappa shape index (κ2) is 9.09. The van der Waals surface area contributed by atoms with E-state index in [0.717, 1.165) is 5.56 Å². The van der Waals surface area contributed by atoms with Crippen molar-refractivity contribution in [1.29, 1.82) is 0 Å². The second-order valence-corrected chi connectivity index (χ2v) is 7.70. The number of hydrogen-bond acceptors (Lipinski definition) is 7. The molecule has 0 fully saturated rings. The Morgan fingerprint density at radius 1 is 1.19 bits per heavy atom. The Hall–Kier alpha value is -3.53. The van der Waals surface area contributed by atoms with Crippen LogP contribution in [0.4, 0.5) is 11.6 Å². The number of anilines is 2. The van der Waals surface area contributed by atoms with Gasteiger partial charge in [-0.25, -0.2) is 4.68 Å². The fourth-order valence-corrected chi connectivity index (χ4v) is 3.94. The van der Waals surface area contributed by atoms with Gasteiger partial charge in [0.2, 0.25) is 17.0 Å². The van der Waals surface area contributed by atoms with Crippen LogP contribution in [0.3, 0.4) is 0 Å². The number of thioether (sulfide) groups is 1. The molecule has 160 valence electrons. The highest BCUT2D eigenvalue weighted by atomic mass is 32.2. The van der Waals surface area contributed by atoms with E-state index in [-0.39, 0.29) is 18.2 Å². The maximum atomic E-state index is 12.6. The van der Waals surface area contributed by atoms with Gasteiger partial charge in [-0.15, -0.1) is 5.10 Å². The maximum Gasteiger partial charge on any atom is 0.252 e. The van der Waals surface area contributed by atoms with E-state index in [4.69, 9.17) is 9.47 Å². The summed E-state index contributed by atoms with van der Waals surface area (Å²) in [7, 11) is 3.05. The third-order valence-corrected chi connectivity index (χ3v) is 5.63. The maximum absolute atomic E-state index is 12.6. The molecule has 4 rings (SSSR count). The van der Waals surface area contributed by atoms with E-state index in [2.05, 4.69) is 20.7 Å². The fraction of sp³-hybridized carbons (Fsp3) is 0.238. The van der Waals surface area contributed by atoms with Crippen molar-refractivity contribution in [2.75, 3.05) is 24.9 Å². The number of ether oxygens (including phenoxy) is 2. The molecule has 9 nitrogen and oxygen atoms in total. The number of rotatable bonds is 8. The zero-order valence-corrected chi connectivity index (χ0v) is 17.8. The van der Waals surface area contributed by atoms with Gasteiger partial charge in [-0.3, -0.25) is 14.9 Å². The molecule has 1 aromatic heterocycles. The zero-order valence-electron chi connectivity index (χ0n) is 17.0. The Bertz CT molecular complexity index is 1100. The van der Waals surface area contributed by atoms with Crippen molar-refractivity contribution in [3.63, 3.8) is 0 Å². The number of aromatic nitrogens is 3. The summed E-state index contributed by atoms with van der Waals surface area (Å²) < 4.78 is 11.9. The molecule has 0 radical (unpaired) electrons. The first-order valence-electron chi connectivity index (χ1n) is 9.53. The van der Waals surface area contributed by atoms with Gasteiger partial charge >= 0.3 is 0 Å². The lowest BCUT2D eigenvalue weighted by Crippen LogP contribution is -2.24. The van der Waals surface area contributed by atoms with E-state index in [1.165, 1.54) is 23.6 Å². The fourth-order valence-electron chi connectivity index (χ4n) is 3.15. The normalized spacial score (nSPS) is 14.6. The minimum Gasteiger partial charge on any atom is -0.497 e. The van der Waals surface area contributed by atoms with Gasteiger partial charge in [0.05, 0.1) is 26.3 Å². The Kier molecular flexibility index (Phi) is 6.08. The molecule has 0 bridgehead atoms. The number of fused-ring (bicyclic) bond motifs is 1. The smallest absolute Gasteiger partial charge is 0.252 e. The summed E-state index contributed by atoms with van der Waals surface area (Å²) in [6, 6.07) is 14.3. The molecule has 31 heavy (non-hydrogen) atoms. The molecule has 0 unspecified atom stereocenters. The summed E-state index contributed by atoms with van der Waals surface area (Å²) in [6.07, 6.45) is -0.0832. The van der Waals surface area contributed by atoms with Crippen LogP contribution >= 0.6 is 11.8 Å². The lowest BCUT2D eigenvalue weighted by atomic mass is 10.2. The van der Waals surface area contributed by atoms with Crippen LogP contribution in [0.15, 0.2) is 53.7 Å². The van der Waals surface area contributed by atoms with Gasteiger partial charge in [-0.05, 0) is 17.7 Å². The summed E-state index contributed by atoms with van der Waals surface area (Å²) in [6.45, 7) is 0. The van der Waals surface area contributed by atoms with Crippen molar-refractivity contribution in [2.24, 2.45) is 0 Å². The largest absolute Gasteiger partial charge is 0.497 e. The van der Waals surface area contributed by atoms with Gasteiger partial charge in [0, 0.05) is 11.8 Å². The minimum atomic E-state index is -0.766. The van der Waals surface area contributed by atoms with Crippen LogP contribution in [0.1, 0.15) is 18.0 Å². The first-order valence-corrected chi connectivity index (χ1v) is 10.5. The highest BCUT2D eigenvalue weighted by Gasteiger charge is 2.35. The molecule has 2 N–H and O–H groups in total. The van der Waals surface area contributed by atoms with Crippen molar-refractivity contribution in [2.45, 2.75) is 23.4 Å². The average Bonchev–Trinajstić information content (AvgIpc) is 3.31. The molecular weight excluding hydrogens is 418 g/mol. The zero-order chi connectivity index (χ0) is 21.8. The van der Waals surface area contributed by atoms with Gasteiger partial charge < -0.3 is 14.8 Å². The summed E-state index contributed by atoms with van der Waals surface area (Å²) in [5.41, 5.74) is 1.64. The quantitative estimate of drug-likeness (QED) is 0.519. The standard InChI is InChI=1S/C21H21N5O4S/c1-29-14-8-9-15(17(10-14)30-2)22-18(27)11-16-19(28)23-20-24-21(25-26(16)20)31-12-13-6-4-3-5-7-13/h3-10,16H,11-12H2,1-2H3,(H,22,27)(H,23,24,25,28)/t16-/m1/s1. The van der Waals surface area contributed by atoms with E-state index in [9.17, 15) is 9.59 Å². The van der Waals surface area contributed by atoms with E-state index < -0.39 is 6.04 Å². The number of hydrogen-bond donors (Lipinski definition) is 2. The molecule has 10 heteroatoms. The summed E-state index contributed by atoms with van der Waals surface area (Å²) in [5, 5.41) is 10.4. The van der Waals surface area contributed by atoms with Gasteiger partial charge in [0.25, 0.3) is 5.91 Å². The Morgan fingerprint density at radius 2 is 2.00 bits per heavy atom. The SMILES string of the molecule is COc1ccc(NC(=O)C[C@@H]2C(=O)Nc3nc(SCc4ccccc4)nn32)c(OC)c1. The third kappa shape index (κ3) is 4.64. The highest BCUT2D eigenvalue weighted by Crippen LogP contribution is 2.31. The molecule has 0 aliphatic carbocycles. The van der Waals surface area contributed by atoms with E-state index in [0.29, 0.717) is 34.0 Å². The number of carbonyl (C=O) groups excluding carboxylic acids is 2. The topological polar surface area (TPSA) is 107 Å². The van der Waals surface area contributed by atoms with Crippen LogP contribution < -0.4 is 20.1 Å². The molecule has 0 spiro atoms. The second-order valence-electron chi connectivity index (χ2n) is 6.76. The molecule has 3 aromatic rings. The van der Waals surface area contributed by atoms with Crippen molar-refractivity contribution in [1.82, 2.24) is 14.8 Å². The molecule has 0 saturated heterocycles. The van der Waals surface area contributed by atoms with Crippen LogP contribution in [-0.4, -0.2) is 40.8 Å². The third-order valence-electron chi connectivity index (χ3n) is 4.72. The molecule has 2 heterocycles. The van der Waals surface area contributed by atoms with E-state index >= 15 is 0 Å². The van der Waals surface area contributed by atoms with Gasteiger partial charge in [-0.1, -0.05) is 42.1 Å². The monoisotopic (exact) mass is 439 g/mol. The van der Waals surface area contributed by atoms with E-state index in [1.54, 1.807) is 25.3 Å². The van der Waals surface area contributed by atoms with Gasteiger partial charge in [-0.2, -0.15) is 4.98 Å². The molecule has 1 aliphatic rings. The first-order chi connectivity index (χ1) is 15.1. The van der Waals surface area contributed by atoms with Crippen LogP contribution in [0.5, 0.6) is 11.5 Å². The van der Waals surface area contributed by atoms with Gasteiger partial charge in [0.15, 0.2) is 0 Å². The predicted octanol–water partition coefficient (Wildman–Crippen LogP) is 3.11. The summed E-state index contributed by atoms with van der Waals surface area (Å²) in [5.74, 6) is 1.47. The van der Waals surface area contributed by atoms with Gasteiger partial charge in [0.1, 0.15) is 17.5 Å². The number of nitrogens with one attached hydrogen (secondary N) is 2. The van der Waals surface area contributed by atoms with Crippen LogP contribution in [-0.2, 0) is 15.3 Å². The summed E-state index contributed by atoms with van der Waals surface area (Å²) in [4.78, 5) is 29.3. The average molecular weight is 439 g/mol. The lowest BCUT2D eigenvalue weighted by Gasteiger charge is -2.13. The van der Waals surface area contributed by atoms with Crippen LogP contribution in [0.25, 0.3) is 0 Å². The predicted molar refractivity (Wildman–Crippen MR) is 116 cm³/mol. The number of benzene rings is 2. The Morgan fingerprint density at radius 3 is 2.74 bits per heavy atom. The van der Waals surface area contributed by atoms with Crippen molar-refractivity contribution < 1.29 is 19.1 Å². The minimum absolute atomic E-state index is 0.0832. The van der Waals surface area contributed by atoms with Crippen LogP contribution in [0, 0.1) is 0 Å². The van der Waals surface area contributed by atoms with Crippen molar-refractivity contribution >= 4 is 35.2 Å². The first kappa shape index (κ1) is 20.7. The molecule has 2 amide bonds. The Labute approximate surface area is 183 Å². The number of amides is 2. The Balaban J connectivity index is 1.42. The van der Waals surface area contributed by atoms with Crippen molar-refractivity contribution in [3.05, 3.63) is 54.1 Å². The molecule has 0 saturated carbocycles. The number of carbonyl (C=O) groups is 2. The van der Waals surface area contributed by atoms with E-state index in [1.807, 2.05) is 30.3 Å². The molecule has 1 aliphatic heterocycles. The highest BCUT2D eigenvalue weighted by molar-refractivity contribution is 7.98. The summed E-state index contributed by atoms with van der Waals surface area (Å²) >= 11 is 1.47.